The number of ether oxygens (including phenoxy) is 1. The number of hydrogen-bond donors (Lipinski definition) is 1. The summed E-state index contributed by atoms with van der Waals surface area (Å²) in [6.07, 6.45) is 2.35. The fourth-order valence-corrected chi connectivity index (χ4v) is 2.64. The molecule has 2 rings (SSSR count). The molecule has 106 valence electrons. The van der Waals surface area contributed by atoms with E-state index in [1.54, 1.807) is 24.3 Å². The van der Waals surface area contributed by atoms with Gasteiger partial charge in [0.05, 0.1) is 25.2 Å². The van der Waals surface area contributed by atoms with E-state index in [1.165, 1.54) is 26.6 Å². The lowest BCUT2D eigenvalue weighted by molar-refractivity contribution is 0.415. The minimum absolute atomic E-state index is 0.0213. The number of nitrogen functional groups attached to an aromatic ring is 1. The Morgan fingerprint density at radius 2 is 1.90 bits per heavy atom. The molecule has 0 bridgehead atoms. The van der Waals surface area contributed by atoms with Crippen molar-refractivity contribution in [3.63, 3.8) is 0 Å². The number of benzene rings is 1. The zero-order valence-electron chi connectivity index (χ0n) is 11.0. The van der Waals surface area contributed by atoms with Crippen molar-refractivity contribution in [3.8, 4) is 5.75 Å². The Hall–Kier alpha value is -2.35. The van der Waals surface area contributed by atoms with Crippen LogP contribution in [0, 0.1) is 0 Å². The summed E-state index contributed by atoms with van der Waals surface area (Å²) in [5, 5.41) is 0. The maximum Gasteiger partial charge on any atom is 0.267 e. The molecule has 2 aromatic rings. The highest BCUT2D eigenvalue weighted by atomic mass is 32.2. The topological polar surface area (TPSA) is 98.4 Å². The van der Waals surface area contributed by atoms with Gasteiger partial charge in [-0.15, -0.1) is 0 Å². The fraction of sp³-hybridized carbons (Fsp3) is 0.167. The van der Waals surface area contributed by atoms with E-state index in [1.807, 2.05) is 0 Å². The molecule has 2 N–H and O–H groups in total. The molecule has 0 unspecified atom stereocenters. The van der Waals surface area contributed by atoms with Gasteiger partial charge < -0.3 is 10.5 Å². The van der Waals surface area contributed by atoms with Gasteiger partial charge in [-0.05, 0) is 12.1 Å². The van der Waals surface area contributed by atoms with Crippen molar-refractivity contribution in [1.82, 2.24) is 9.97 Å². The largest absolute Gasteiger partial charge is 0.497 e. The van der Waals surface area contributed by atoms with Crippen LogP contribution in [0.3, 0.4) is 0 Å². The summed E-state index contributed by atoms with van der Waals surface area (Å²) in [5.74, 6) is 0.589. The van der Waals surface area contributed by atoms with E-state index in [2.05, 4.69) is 9.97 Å². The molecule has 1 aromatic heterocycles. The highest BCUT2D eigenvalue weighted by molar-refractivity contribution is 7.92. The average molecular weight is 294 g/mol. The number of nitrogens with two attached hydrogens (primary N) is 1. The molecule has 0 spiro atoms. The zero-order chi connectivity index (χ0) is 14.8. The van der Waals surface area contributed by atoms with E-state index in [0.29, 0.717) is 11.4 Å². The van der Waals surface area contributed by atoms with Gasteiger partial charge in [-0.1, -0.05) is 6.07 Å². The van der Waals surface area contributed by atoms with Crippen LogP contribution in [0.5, 0.6) is 5.75 Å². The molecule has 8 heteroatoms. The van der Waals surface area contributed by atoms with E-state index in [0.717, 1.165) is 4.31 Å². The summed E-state index contributed by atoms with van der Waals surface area (Å²) in [7, 11) is -0.776. The van der Waals surface area contributed by atoms with Gasteiger partial charge in [-0.3, -0.25) is 4.31 Å². The summed E-state index contributed by atoms with van der Waals surface area (Å²) in [5.41, 5.74) is 5.82. The Morgan fingerprint density at radius 3 is 2.50 bits per heavy atom. The van der Waals surface area contributed by atoms with Crippen LogP contribution in [-0.4, -0.2) is 32.5 Å². The highest BCUT2D eigenvalue weighted by Gasteiger charge is 2.22. The lowest BCUT2D eigenvalue weighted by atomic mass is 10.3. The molecular weight excluding hydrogens is 280 g/mol. The molecule has 0 saturated carbocycles. The molecule has 0 saturated heterocycles. The predicted octanol–water partition coefficient (Wildman–Crippen LogP) is 0.892. The van der Waals surface area contributed by atoms with Crippen LogP contribution in [0.15, 0.2) is 41.6 Å². The Labute approximate surface area is 117 Å². The Morgan fingerprint density at radius 1 is 1.25 bits per heavy atom. The maximum atomic E-state index is 12.4. The minimum atomic E-state index is -3.74. The molecule has 20 heavy (non-hydrogen) atoms. The summed E-state index contributed by atoms with van der Waals surface area (Å²) < 4.78 is 31.0. The molecule has 0 atom stereocenters. The molecule has 0 radical (unpaired) electrons. The van der Waals surface area contributed by atoms with Crippen LogP contribution in [0.2, 0.25) is 0 Å². The van der Waals surface area contributed by atoms with Crippen molar-refractivity contribution in [2.75, 3.05) is 24.2 Å². The van der Waals surface area contributed by atoms with Crippen molar-refractivity contribution >= 4 is 21.7 Å². The lowest BCUT2D eigenvalue weighted by Crippen LogP contribution is -2.26. The number of nitrogens with zero attached hydrogens (tertiary/aromatic N) is 3. The Bertz CT molecular complexity index is 701. The van der Waals surface area contributed by atoms with Gasteiger partial charge >= 0.3 is 0 Å². The van der Waals surface area contributed by atoms with E-state index >= 15 is 0 Å². The first-order valence-electron chi connectivity index (χ1n) is 5.65. The number of anilines is 2. The van der Waals surface area contributed by atoms with Gasteiger partial charge in [0.1, 0.15) is 10.6 Å². The lowest BCUT2D eigenvalue weighted by Gasteiger charge is -2.19. The van der Waals surface area contributed by atoms with Crippen molar-refractivity contribution < 1.29 is 13.2 Å². The SMILES string of the molecule is COc1cccc(N(C)S(=O)(=O)c2cnc(N)nc2)c1. The second-order valence-corrected chi connectivity index (χ2v) is 5.92. The molecule has 0 aliphatic heterocycles. The van der Waals surface area contributed by atoms with Crippen molar-refractivity contribution in [1.29, 1.82) is 0 Å². The third-order valence-corrected chi connectivity index (χ3v) is 4.46. The van der Waals surface area contributed by atoms with Gasteiger partial charge in [0.15, 0.2) is 0 Å². The molecule has 0 fully saturated rings. The van der Waals surface area contributed by atoms with E-state index in [-0.39, 0.29) is 10.8 Å². The summed E-state index contributed by atoms with van der Waals surface area (Å²) in [6.45, 7) is 0. The van der Waals surface area contributed by atoms with Crippen molar-refractivity contribution in [3.05, 3.63) is 36.7 Å². The first-order chi connectivity index (χ1) is 9.45. The standard InChI is InChI=1S/C12H14N4O3S/c1-16(9-4-3-5-10(6-9)19-2)20(17,18)11-7-14-12(13)15-8-11/h3-8H,1-2H3,(H2,13,14,15). The first-order valence-corrected chi connectivity index (χ1v) is 7.09. The number of rotatable bonds is 4. The van der Waals surface area contributed by atoms with E-state index in [9.17, 15) is 8.42 Å². The molecule has 0 aliphatic rings. The van der Waals surface area contributed by atoms with Crippen molar-refractivity contribution in [2.45, 2.75) is 4.90 Å². The third kappa shape index (κ3) is 2.64. The van der Waals surface area contributed by atoms with E-state index in [4.69, 9.17) is 10.5 Å². The second kappa shape index (κ2) is 5.33. The maximum absolute atomic E-state index is 12.4. The van der Waals surface area contributed by atoms with Crippen LogP contribution in [0.4, 0.5) is 11.6 Å². The van der Waals surface area contributed by atoms with Crippen LogP contribution >= 0.6 is 0 Å². The summed E-state index contributed by atoms with van der Waals surface area (Å²) in [4.78, 5) is 7.35. The fourth-order valence-electron chi connectivity index (χ4n) is 1.56. The zero-order valence-corrected chi connectivity index (χ0v) is 11.8. The van der Waals surface area contributed by atoms with E-state index < -0.39 is 10.0 Å². The summed E-state index contributed by atoms with van der Waals surface area (Å²) in [6, 6.07) is 6.73. The van der Waals surface area contributed by atoms with Gasteiger partial charge in [-0.2, -0.15) is 0 Å². The van der Waals surface area contributed by atoms with Crippen LogP contribution in [-0.2, 0) is 10.0 Å². The third-order valence-electron chi connectivity index (χ3n) is 2.72. The van der Waals surface area contributed by atoms with Gasteiger partial charge in [0.25, 0.3) is 10.0 Å². The number of methoxy groups -OCH3 is 1. The Kier molecular flexibility index (Phi) is 3.75. The first kappa shape index (κ1) is 14.1. The average Bonchev–Trinajstić information content (AvgIpc) is 2.47. The highest BCUT2D eigenvalue weighted by Crippen LogP contribution is 2.24. The molecule has 7 nitrogen and oxygen atoms in total. The molecule has 0 aliphatic carbocycles. The quantitative estimate of drug-likeness (QED) is 0.899. The predicted molar refractivity (Wildman–Crippen MR) is 75.0 cm³/mol. The van der Waals surface area contributed by atoms with Crippen molar-refractivity contribution in [2.24, 2.45) is 0 Å². The molecule has 1 heterocycles. The summed E-state index contributed by atoms with van der Waals surface area (Å²) >= 11 is 0. The van der Waals surface area contributed by atoms with Crippen LogP contribution in [0.25, 0.3) is 0 Å². The van der Waals surface area contributed by atoms with Gasteiger partial charge in [0, 0.05) is 13.1 Å². The van der Waals surface area contributed by atoms with Crippen LogP contribution in [0.1, 0.15) is 0 Å². The molecule has 1 aromatic carbocycles. The normalized spacial score (nSPS) is 11.1. The van der Waals surface area contributed by atoms with Gasteiger partial charge in [-0.25, -0.2) is 18.4 Å². The molecule has 0 amide bonds. The minimum Gasteiger partial charge on any atom is -0.497 e. The second-order valence-electron chi connectivity index (χ2n) is 3.95. The number of hydrogen-bond acceptors (Lipinski definition) is 6. The van der Waals surface area contributed by atoms with Gasteiger partial charge in [0.2, 0.25) is 5.95 Å². The smallest absolute Gasteiger partial charge is 0.267 e. The number of sulfonamides is 1. The molecular formula is C12H14N4O3S. The van der Waals surface area contributed by atoms with Crippen LogP contribution < -0.4 is 14.8 Å². The Balaban J connectivity index is 2.40. The number of aromatic nitrogens is 2. The monoisotopic (exact) mass is 294 g/mol.